The van der Waals surface area contributed by atoms with E-state index in [0.717, 1.165) is 17.8 Å². The van der Waals surface area contributed by atoms with Gasteiger partial charge in [-0.05, 0) is 58.0 Å². The minimum atomic E-state index is -0.368. The summed E-state index contributed by atoms with van der Waals surface area (Å²) in [5, 5.41) is 0. The van der Waals surface area contributed by atoms with E-state index >= 15 is 0 Å². The van der Waals surface area contributed by atoms with Crippen LogP contribution in [-0.4, -0.2) is 9.55 Å². The van der Waals surface area contributed by atoms with E-state index in [9.17, 15) is 0 Å². The largest absolute Gasteiger partial charge is 0.295 e. The number of hydrogen-bond donors (Lipinski definition) is 0. The van der Waals surface area contributed by atoms with Crippen LogP contribution in [0.4, 0.5) is 0 Å². The number of fused-ring (bicyclic) bond motifs is 12. The molecule has 2 nitrogen and oxygen atoms in total. The van der Waals surface area contributed by atoms with Gasteiger partial charge in [-0.25, -0.2) is 4.98 Å². The van der Waals surface area contributed by atoms with Crippen LogP contribution in [0.1, 0.15) is 35.0 Å². The predicted octanol–water partition coefficient (Wildman–Crippen LogP) is 6.26. The summed E-state index contributed by atoms with van der Waals surface area (Å²) < 4.78 is 2.38. The first kappa shape index (κ1) is 16.2. The Kier molecular flexibility index (Phi) is 2.96. The summed E-state index contributed by atoms with van der Waals surface area (Å²) in [5.74, 6) is 1.12. The van der Waals surface area contributed by atoms with Crippen molar-refractivity contribution in [2.24, 2.45) is 0 Å². The molecule has 1 unspecified atom stereocenters. The number of hydrogen-bond acceptors (Lipinski definition) is 1. The van der Waals surface area contributed by atoms with Crippen LogP contribution in [0.5, 0.6) is 0 Å². The molecule has 1 atom stereocenters. The number of nitrogens with zero attached hydrogens (tertiary/aromatic N) is 2. The summed E-state index contributed by atoms with van der Waals surface area (Å²) in [6.07, 6.45) is 1.02. The first-order valence-electron chi connectivity index (χ1n) is 10.7. The highest BCUT2D eigenvalue weighted by molar-refractivity contribution is 5.92. The number of rotatable bonds is 1. The fraction of sp³-hybridized carbons (Fsp3) is 0.107. The van der Waals surface area contributed by atoms with Crippen molar-refractivity contribution in [2.75, 3.05) is 0 Å². The van der Waals surface area contributed by atoms with E-state index in [0.29, 0.717) is 0 Å². The molecule has 1 aliphatic heterocycles. The second-order valence-corrected chi connectivity index (χ2v) is 8.27. The molecule has 0 saturated heterocycles. The van der Waals surface area contributed by atoms with E-state index in [1.54, 1.807) is 0 Å². The molecule has 0 fully saturated rings. The topological polar surface area (TPSA) is 17.8 Å². The first-order chi connectivity index (χ1) is 14.9. The molecule has 0 N–H and O–H groups in total. The third-order valence-corrected chi connectivity index (χ3v) is 6.98. The van der Waals surface area contributed by atoms with Crippen molar-refractivity contribution in [3.63, 3.8) is 0 Å². The predicted molar refractivity (Wildman–Crippen MR) is 121 cm³/mol. The van der Waals surface area contributed by atoms with E-state index in [1.165, 1.54) is 44.6 Å². The molecule has 0 bridgehead atoms. The van der Waals surface area contributed by atoms with E-state index < -0.39 is 0 Å². The summed E-state index contributed by atoms with van der Waals surface area (Å²) in [7, 11) is 0. The summed E-state index contributed by atoms with van der Waals surface area (Å²) in [5.41, 5.74) is 11.3. The van der Waals surface area contributed by atoms with E-state index in [4.69, 9.17) is 4.98 Å². The number of para-hydroxylation sites is 3. The molecule has 1 aliphatic carbocycles. The Morgan fingerprint density at radius 1 is 0.733 bits per heavy atom. The molecular weight excluding hydrogens is 364 g/mol. The molecule has 5 aromatic rings. The molecular formula is C28H20N2. The van der Waals surface area contributed by atoms with Crippen molar-refractivity contribution in [3.8, 4) is 16.8 Å². The summed E-state index contributed by atoms with van der Waals surface area (Å²) >= 11 is 0. The molecule has 0 saturated carbocycles. The van der Waals surface area contributed by atoms with Crippen LogP contribution >= 0.6 is 0 Å². The van der Waals surface area contributed by atoms with Crippen molar-refractivity contribution in [3.05, 3.63) is 119 Å². The molecule has 1 aromatic heterocycles. The number of aryl methyl sites for hydroxylation is 1. The van der Waals surface area contributed by atoms with Gasteiger partial charge in [-0.15, -0.1) is 0 Å². The summed E-state index contributed by atoms with van der Waals surface area (Å²) in [6.45, 7) is 2.25. The van der Waals surface area contributed by atoms with Crippen LogP contribution in [0.3, 0.4) is 0 Å². The maximum Gasteiger partial charge on any atom is 0.134 e. The number of benzene rings is 4. The van der Waals surface area contributed by atoms with E-state index in [2.05, 4.69) is 102 Å². The van der Waals surface area contributed by atoms with Crippen molar-refractivity contribution >= 4 is 11.0 Å². The molecule has 30 heavy (non-hydrogen) atoms. The van der Waals surface area contributed by atoms with Crippen LogP contribution in [0.25, 0.3) is 27.8 Å². The fourth-order valence-electron chi connectivity index (χ4n) is 5.86. The van der Waals surface area contributed by atoms with Gasteiger partial charge in [0.05, 0.1) is 16.7 Å². The van der Waals surface area contributed by atoms with Crippen LogP contribution < -0.4 is 0 Å². The smallest absolute Gasteiger partial charge is 0.134 e. The van der Waals surface area contributed by atoms with Gasteiger partial charge in [-0.1, -0.05) is 79.7 Å². The van der Waals surface area contributed by atoms with Gasteiger partial charge in [-0.2, -0.15) is 0 Å². The SMILES string of the molecule is CCc1cccc2c1-c1ccccc1C21c2ccccc2-n2c1nc1ccccc12. The summed E-state index contributed by atoms with van der Waals surface area (Å²) in [6, 6.07) is 33.1. The van der Waals surface area contributed by atoms with E-state index in [-0.39, 0.29) is 5.41 Å². The maximum atomic E-state index is 5.26. The van der Waals surface area contributed by atoms with Crippen molar-refractivity contribution in [1.29, 1.82) is 0 Å². The molecule has 0 amide bonds. The van der Waals surface area contributed by atoms with Gasteiger partial charge < -0.3 is 0 Å². The Bertz CT molecular complexity index is 1490. The van der Waals surface area contributed by atoms with Crippen LogP contribution in [0.2, 0.25) is 0 Å². The lowest BCUT2D eigenvalue weighted by atomic mass is 9.73. The molecule has 4 aromatic carbocycles. The van der Waals surface area contributed by atoms with Gasteiger partial charge in [0.15, 0.2) is 0 Å². The minimum Gasteiger partial charge on any atom is -0.295 e. The van der Waals surface area contributed by atoms with Gasteiger partial charge >= 0.3 is 0 Å². The molecule has 1 spiro atoms. The Morgan fingerprint density at radius 2 is 1.47 bits per heavy atom. The van der Waals surface area contributed by atoms with Gasteiger partial charge in [0.25, 0.3) is 0 Å². The van der Waals surface area contributed by atoms with Crippen molar-refractivity contribution in [2.45, 2.75) is 18.8 Å². The Morgan fingerprint density at radius 3 is 2.37 bits per heavy atom. The van der Waals surface area contributed by atoms with Crippen molar-refractivity contribution < 1.29 is 0 Å². The lowest BCUT2D eigenvalue weighted by Crippen LogP contribution is -2.27. The van der Waals surface area contributed by atoms with Gasteiger partial charge in [0.1, 0.15) is 11.2 Å². The Balaban J connectivity index is 1.75. The average Bonchev–Trinajstić information content (AvgIpc) is 3.42. The number of imidazole rings is 1. The first-order valence-corrected chi connectivity index (χ1v) is 10.7. The quantitative estimate of drug-likeness (QED) is 0.326. The van der Waals surface area contributed by atoms with Crippen LogP contribution in [0.15, 0.2) is 91.0 Å². The van der Waals surface area contributed by atoms with Crippen LogP contribution in [0, 0.1) is 0 Å². The average molecular weight is 384 g/mol. The Hall–Kier alpha value is -3.65. The van der Waals surface area contributed by atoms with Gasteiger partial charge in [0, 0.05) is 0 Å². The highest BCUT2D eigenvalue weighted by Gasteiger charge is 2.54. The zero-order chi connectivity index (χ0) is 19.9. The zero-order valence-electron chi connectivity index (χ0n) is 16.8. The van der Waals surface area contributed by atoms with E-state index in [1.807, 2.05) is 0 Å². The second-order valence-electron chi connectivity index (χ2n) is 8.27. The third-order valence-electron chi connectivity index (χ3n) is 6.98. The molecule has 2 aliphatic rings. The fourth-order valence-corrected chi connectivity index (χ4v) is 5.86. The minimum absolute atomic E-state index is 0.368. The molecule has 7 rings (SSSR count). The summed E-state index contributed by atoms with van der Waals surface area (Å²) in [4.78, 5) is 5.26. The van der Waals surface area contributed by atoms with Crippen LogP contribution in [-0.2, 0) is 11.8 Å². The highest BCUT2D eigenvalue weighted by Crippen LogP contribution is 2.60. The molecule has 2 heterocycles. The molecule has 142 valence electrons. The maximum absolute atomic E-state index is 5.26. The molecule has 0 radical (unpaired) electrons. The second kappa shape index (κ2) is 5.48. The van der Waals surface area contributed by atoms with Gasteiger partial charge in [0.2, 0.25) is 0 Å². The normalized spacial score (nSPS) is 17.8. The standard InChI is InChI=1S/C28H20N2/c1-2-18-10-9-14-22-26(18)19-11-3-4-12-20(19)28(22)21-13-5-7-16-24(21)30-25-17-8-6-15-23(25)29-27(28)30/h3-17H,2H2,1H3. The zero-order valence-corrected chi connectivity index (χ0v) is 16.8. The monoisotopic (exact) mass is 384 g/mol. The number of aromatic nitrogens is 2. The lowest BCUT2D eigenvalue weighted by molar-refractivity contribution is 0.737. The van der Waals surface area contributed by atoms with Crippen molar-refractivity contribution in [1.82, 2.24) is 9.55 Å². The lowest BCUT2D eigenvalue weighted by Gasteiger charge is -2.27. The molecule has 2 heteroatoms. The third kappa shape index (κ3) is 1.66. The Labute approximate surface area is 175 Å². The highest BCUT2D eigenvalue weighted by atomic mass is 15.1. The van der Waals surface area contributed by atoms with Gasteiger partial charge in [-0.3, -0.25) is 4.57 Å².